The van der Waals surface area contributed by atoms with E-state index in [9.17, 15) is 8.78 Å². The van der Waals surface area contributed by atoms with Gasteiger partial charge in [-0.1, -0.05) is 11.8 Å². The molecule has 0 aliphatic carbocycles. The number of rotatable bonds is 5. The first-order chi connectivity index (χ1) is 8.65. The highest BCUT2D eigenvalue weighted by molar-refractivity contribution is 7.99. The van der Waals surface area contributed by atoms with Crippen molar-refractivity contribution < 1.29 is 8.78 Å². The summed E-state index contributed by atoms with van der Waals surface area (Å²) in [6.07, 6.45) is -0.948. The van der Waals surface area contributed by atoms with Gasteiger partial charge in [0.25, 0.3) is 6.43 Å². The van der Waals surface area contributed by atoms with Crippen molar-refractivity contribution in [2.24, 2.45) is 0 Å². The number of hydrogen-bond acceptors (Lipinski definition) is 4. The van der Waals surface area contributed by atoms with Gasteiger partial charge in [-0.3, -0.25) is 5.10 Å². The molecule has 18 heavy (non-hydrogen) atoms. The van der Waals surface area contributed by atoms with Crippen LogP contribution in [0.3, 0.4) is 0 Å². The minimum atomic E-state index is -2.38. The average molecular weight is 270 g/mol. The Labute approximate surface area is 107 Å². The predicted octanol–water partition coefficient (Wildman–Crippen LogP) is 3.02. The van der Waals surface area contributed by atoms with Gasteiger partial charge in [0.2, 0.25) is 0 Å². The van der Waals surface area contributed by atoms with E-state index < -0.39 is 12.5 Å². The molecule has 4 nitrogen and oxygen atoms in total. The fourth-order valence-corrected chi connectivity index (χ4v) is 1.99. The SMILES string of the molecule is CC(Nc1ccc(Sc2ncn[nH]2)cc1)C(F)F. The highest BCUT2D eigenvalue weighted by Gasteiger charge is 2.13. The number of aromatic nitrogens is 3. The van der Waals surface area contributed by atoms with Crippen LogP contribution in [0.15, 0.2) is 40.6 Å². The van der Waals surface area contributed by atoms with E-state index in [1.54, 1.807) is 12.1 Å². The van der Waals surface area contributed by atoms with Gasteiger partial charge >= 0.3 is 0 Å². The molecule has 2 N–H and O–H groups in total. The van der Waals surface area contributed by atoms with E-state index >= 15 is 0 Å². The van der Waals surface area contributed by atoms with E-state index in [0.717, 1.165) is 4.90 Å². The van der Waals surface area contributed by atoms with Gasteiger partial charge < -0.3 is 5.32 Å². The second kappa shape index (κ2) is 5.81. The maximum Gasteiger partial charge on any atom is 0.258 e. The van der Waals surface area contributed by atoms with Crippen molar-refractivity contribution in [1.29, 1.82) is 0 Å². The summed E-state index contributed by atoms with van der Waals surface area (Å²) < 4.78 is 24.7. The standard InChI is InChI=1S/C11H12F2N4S/c1-7(10(12)13)16-8-2-4-9(5-3-8)18-11-14-6-15-17-11/h2-7,10,16H,1H3,(H,14,15,17). The second-order valence-electron chi connectivity index (χ2n) is 3.68. The summed E-state index contributed by atoms with van der Waals surface area (Å²) in [5.74, 6) is 0. The van der Waals surface area contributed by atoms with Crippen LogP contribution in [0.2, 0.25) is 0 Å². The molecule has 1 aromatic heterocycles. The first kappa shape index (κ1) is 12.8. The summed E-state index contributed by atoms with van der Waals surface area (Å²) >= 11 is 1.42. The molecule has 0 aliphatic rings. The molecule has 0 saturated heterocycles. The molecule has 0 saturated carbocycles. The van der Waals surface area contributed by atoms with Gasteiger partial charge in [0.15, 0.2) is 5.16 Å². The molecular weight excluding hydrogens is 258 g/mol. The first-order valence-corrected chi connectivity index (χ1v) is 6.15. The Morgan fingerprint density at radius 2 is 2.00 bits per heavy atom. The molecule has 7 heteroatoms. The lowest BCUT2D eigenvalue weighted by atomic mass is 10.3. The molecule has 1 unspecified atom stereocenters. The largest absolute Gasteiger partial charge is 0.377 e. The molecule has 2 aromatic rings. The highest BCUT2D eigenvalue weighted by Crippen LogP contribution is 2.25. The Morgan fingerprint density at radius 3 is 2.56 bits per heavy atom. The third-order valence-electron chi connectivity index (χ3n) is 2.23. The minimum absolute atomic E-state index is 0.671. The Kier molecular flexibility index (Phi) is 4.14. The highest BCUT2D eigenvalue weighted by atomic mass is 32.2. The normalized spacial score (nSPS) is 12.7. The zero-order chi connectivity index (χ0) is 13.0. The Bertz CT molecular complexity index is 472. The molecule has 96 valence electrons. The van der Waals surface area contributed by atoms with E-state index in [4.69, 9.17) is 0 Å². The number of H-pyrrole nitrogens is 1. The lowest BCUT2D eigenvalue weighted by molar-refractivity contribution is 0.131. The number of halogens is 2. The van der Waals surface area contributed by atoms with Crippen LogP contribution in [0.25, 0.3) is 0 Å². The van der Waals surface area contributed by atoms with E-state index in [-0.39, 0.29) is 0 Å². The van der Waals surface area contributed by atoms with Crippen LogP contribution < -0.4 is 5.32 Å². The number of anilines is 1. The molecule has 0 aliphatic heterocycles. The number of nitrogens with zero attached hydrogens (tertiary/aromatic N) is 2. The summed E-state index contributed by atoms with van der Waals surface area (Å²) in [6.45, 7) is 1.45. The van der Waals surface area contributed by atoms with E-state index in [1.807, 2.05) is 12.1 Å². The third-order valence-corrected chi connectivity index (χ3v) is 3.13. The van der Waals surface area contributed by atoms with Crippen molar-refractivity contribution in [3.63, 3.8) is 0 Å². The van der Waals surface area contributed by atoms with Gasteiger partial charge in [0.1, 0.15) is 6.33 Å². The van der Waals surface area contributed by atoms with Crippen molar-refractivity contribution in [3.8, 4) is 0 Å². The van der Waals surface area contributed by atoms with Crippen LogP contribution >= 0.6 is 11.8 Å². The van der Waals surface area contributed by atoms with Crippen molar-refractivity contribution in [2.45, 2.75) is 29.4 Å². The van der Waals surface area contributed by atoms with Crippen LogP contribution in [0, 0.1) is 0 Å². The van der Waals surface area contributed by atoms with Crippen molar-refractivity contribution in [1.82, 2.24) is 15.2 Å². The molecule has 0 radical (unpaired) electrons. The number of aromatic amines is 1. The molecule has 1 aromatic carbocycles. The maximum atomic E-state index is 12.4. The number of alkyl halides is 2. The van der Waals surface area contributed by atoms with Gasteiger partial charge in [-0.05, 0) is 31.2 Å². The summed E-state index contributed by atoms with van der Waals surface area (Å²) in [5.41, 5.74) is 0.671. The molecule has 0 amide bonds. The fraction of sp³-hybridized carbons (Fsp3) is 0.273. The molecule has 0 fully saturated rings. The smallest absolute Gasteiger partial charge is 0.258 e. The summed E-state index contributed by atoms with van der Waals surface area (Å²) in [4.78, 5) is 4.95. The third kappa shape index (κ3) is 3.43. The number of benzene rings is 1. The lowest BCUT2D eigenvalue weighted by Crippen LogP contribution is -2.23. The maximum absolute atomic E-state index is 12.4. The van der Waals surface area contributed by atoms with Crippen molar-refractivity contribution in [3.05, 3.63) is 30.6 Å². The van der Waals surface area contributed by atoms with Crippen LogP contribution in [0.4, 0.5) is 14.5 Å². The van der Waals surface area contributed by atoms with Crippen molar-refractivity contribution >= 4 is 17.4 Å². The fourth-order valence-electron chi connectivity index (χ4n) is 1.30. The first-order valence-electron chi connectivity index (χ1n) is 5.33. The number of hydrogen-bond donors (Lipinski definition) is 2. The molecule has 1 heterocycles. The molecular formula is C11H12F2N4S. The van der Waals surface area contributed by atoms with Crippen molar-refractivity contribution in [2.75, 3.05) is 5.32 Å². The van der Waals surface area contributed by atoms with Gasteiger partial charge in [0.05, 0.1) is 6.04 Å². The molecule has 0 spiro atoms. The average Bonchev–Trinajstić information content (AvgIpc) is 2.84. The van der Waals surface area contributed by atoms with Gasteiger partial charge in [-0.2, -0.15) is 5.10 Å². The quantitative estimate of drug-likeness (QED) is 0.877. The minimum Gasteiger partial charge on any atom is -0.377 e. The van der Waals surface area contributed by atoms with Crippen LogP contribution in [0.5, 0.6) is 0 Å². The second-order valence-corrected chi connectivity index (χ2v) is 4.75. The zero-order valence-corrected chi connectivity index (χ0v) is 10.4. The Morgan fingerprint density at radius 1 is 1.28 bits per heavy atom. The molecule has 2 rings (SSSR count). The Hall–Kier alpha value is -1.63. The van der Waals surface area contributed by atoms with Gasteiger partial charge in [0, 0.05) is 10.6 Å². The van der Waals surface area contributed by atoms with Gasteiger partial charge in [-0.25, -0.2) is 13.8 Å². The van der Waals surface area contributed by atoms with Crippen LogP contribution in [0.1, 0.15) is 6.92 Å². The Balaban J connectivity index is 1.97. The topological polar surface area (TPSA) is 53.6 Å². The van der Waals surface area contributed by atoms with E-state index in [1.165, 1.54) is 25.0 Å². The van der Waals surface area contributed by atoms with Crippen LogP contribution in [-0.2, 0) is 0 Å². The summed E-state index contributed by atoms with van der Waals surface area (Å²) in [5, 5.41) is 9.90. The molecule has 1 atom stereocenters. The van der Waals surface area contributed by atoms with E-state index in [0.29, 0.717) is 10.8 Å². The summed E-state index contributed by atoms with van der Waals surface area (Å²) in [6, 6.07) is 6.34. The monoisotopic (exact) mass is 270 g/mol. The summed E-state index contributed by atoms with van der Waals surface area (Å²) in [7, 11) is 0. The number of nitrogens with one attached hydrogen (secondary N) is 2. The predicted molar refractivity (Wildman–Crippen MR) is 66.0 cm³/mol. The lowest BCUT2D eigenvalue weighted by Gasteiger charge is -2.14. The zero-order valence-electron chi connectivity index (χ0n) is 9.60. The van der Waals surface area contributed by atoms with E-state index in [2.05, 4.69) is 20.5 Å². The van der Waals surface area contributed by atoms with Gasteiger partial charge in [-0.15, -0.1) is 0 Å². The van der Waals surface area contributed by atoms with Crippen LogP contribution in [-0.4, -0.2) is 27.6 Å². The molecule has 0 bridgehead atoms.